The molecule has 6 nitrogen and oxygen atoms in total. The van der Waals surface area contributed by atoms with E-state index in [0.717, 1.165) is 16.7 Å². The maximum atomic E-state index is 12.2. The van der Waals surface area contributed by atoms with Crippen LogP contribution in [-0.4, -0.2) is 27.5 Å². The Hall–Kier alpha value is -2.09. The Morgan fingerprint density at radius 1 is 1.28 bits per heavy atom. The van der Waals surface area contributed by atoms with Gasteiger partial charge in [0, 0.05) is 0 Å². The maximum absolute atomic E-state index is 12.2. The zero-order valence-corrected chi connectivity index (χ0v) is 15.1. The van der Waals surface area contributed by atoms with E-state index in [1.165, 1.54) is 12.1 Å². The number of rotatable bonds is 3. The normalized spacial score (nSPS) is 14.3. The highest BCUT2D eigenvalue weighted by Gasteiger charge is 2.22. The lowest BCUT2D eigenvalue weighted by Gasteiger charge is -2.15. The lowest BCUT2D eigenvalue weighted by molar-refractivity contribution is 0.0957. The molecule has 0 saturated carbocycles. The van der Waals surface area contributed by atoms with Crippen molar-refractivity contribution in [2.75, 3.05) is 13.2 Å². The van der Waals surface area contributed by atoms with Gasteiger partial charge in [0.1, 0.15) is 6.61 Å². The van der Waals surface area contributed by atoms with Crippen molar-refractivity contribution in [2.24, 2.45) is 5.14 Å². The van der Waals surface area contributed by atoms with Crippen LogP contribution in [0.25, 0.3) is 0 Å². The van der Waals surface area contributed by atoms with E-state index in [1.807, 2.05) is 6.92 Å². The van der Waals surface area contributed by atoms with Gasteiger partial charge < -0.3 is 10.1 Å². The summed E-state index contributed by atoms with van der Waals surface area (Å²) >= 11 is 6.40. The number of carbonyl (C=O) groups is 1. The summed E-state index contributed by atoms with van der Waals surface area (Å²) in [5.41, 5.74) is 2.98. The summed E-state index contributed by atoms with van der Waals surface area (Å²) in [5.74, 6) is 0.183. The van der Waals surface area contributed by atoms with Crippen LogP contribution >= 0.6 is 11.6 Å². The van der Waals surface area contributed by atoms with E-state index >= 15 is 0 Å². The highest BCUT2D eigenvalue weighted by molar-refractivity contribution is 7.89. The number of fused-ring (bicyclic) bond motifs is 1. The zero-order chi connectivity index (χ0) is 18.2. The van der Waals surface area contributed by atoms with Crippen LogP contribution in [0, 0.1) is 6.92 Å². The number of primary sulfonamides is 1. The molecule has 8 heteroatoms. The zero-order valence-electron chi connectivity index (χ0n) is 13.5. The number of amides is 1. The number of carbonyl (C=O) groups excluding carboxylic acids is 1. The average Bonchev–Trinajstić information content (AvgIpc) is 2.74. The summed E-state index contributed by atoms with van der Waals surface area (Å²) < 4.78 is 28.3. The second-order valence-electron chi connectivity index (χ2n) is 5.82. The molecule has 25 heavy (non-hydrogen) atoms. The second kappa shape index (κ2) is 6.67. The third-order valence-corrected chi connectivity index (χ3v) is 5.48. The molecule has 0 spiro atoms. The molecule has 3 N–H and O–H groups in total. The van der Waals surface area contributed by atoms with Crippen LogP contribution in [0.1, 0.15) is 27.0 Å². The number of benzene rings is 2. The largest absolute Gasteiger partial charge is 0.489 e. The molecule has 1 aliphatic rings. The molecule has 0 atom stereocenters. The molecule has 0 bridgehead atoms. The average molecular weight is 381 g/mol. The van der Waals surface area contributed by atoms with Crippen LogP contribution in [0.2, 0.25) is 5.02 Å². The third-order valence-electron chi connectivity index (χ3n) is 4.10. The van der Waals surface area contributed by atoms with Crippen LogP contribution in [0.5, 0.6) is 5.75 Å². The first-order chi connectivity index (χ1) is 11.8. The summed E-state index contributed by atoms with van der Waals surface area (Å²) in [5, 5.41) is 8.29. The van der Waals surface area contributed by atoms with Crippen molar-refractivity contribution in [1.29, 1.82) is 0 Å². The van der Waals surface area contributed by atoms with Gasteiger partial charge in [-0.25, -0.2) is 13.6 Å². The Morgan fingerprint density at radius 2 is 1.96 bits per heavy atom. The monoisotopic (exact) mass is 380 g/mol. The summed E-state index contributed by atoms with van der Waals surface area (Å²) in [7, 11) is -3.72. The summed E-state index contributed by atoms with van der Waals surface area (Å²) in [4.78, 5) is 12.3. The molecule has 0 saturated heterocycles. The van der Waals surface area contributed by atoms with Gasteiger partial charge in [0.25, 0.3) is 5.91 Å². The Balaban J connectivity index is 1.98. The van der Waals surface area contributed by atoms with Gasteiger partial charge in [0.2, 0.25) is 10.0 Å². The first-order valence-electron chi connectivity index (χ1n) is 7.62. The quantitative estimate of drug-likeness (QED) is 0.850. The molecule has 0 unspecified atom stereocenters. The van der Waals surface area contributed by atoms with Crippen molar-refractivity contribution >= 4 is 27.5 Å². The molecule has 132 valence electrons. The Labute approximate surface area is 151 Å². The number of nitrogens with one attached hydrogen (secondary N) is 1. The van der Waals surface area contributed by atoms with Crippen molar-refractivity contribution in [1.82, 2.24) is 5.32 Å². The smallest absolute Gasteiger partial charge is 0.255 e. The number of ether oxygens (including phenoxy) is 1. The molecule has 0 aromatic heterocycles. The summed E-state index contributed by atoms with van der Waals surface area (Å²) in [6, 6.07) is 8.07. The van der Waals surface area contributed by atoms with E-state index in [0.29, 0.717) is 35.9 Å². The summed E-state index contributed by atoms with van der Waals surface area (Å²) in [6.45, 7) is 2.66. The Morgan fingerprint density at radius 3 is 2.60 bits per heavy atom. The van der Waals surface area contributed by atoms with Gasteiger partial charge in [-0.05, 0) is 48.2 Å². The number of sulfonamides is 1. The fraction of sp³-hybridized carbons (Fsp3) is 0.235. The van der Waals surface area contributed by atoms with Crippen LogP contribution in [-0.2, 0) is 16.4 Å². The van der Waals surface area contributed by atoms with E-state index in [4.69, 9.17) is 21.5 Å². The van der Waals surface area contributed by atoms with Crippen molar-refractivity contribution in [2.45, 2.75) is 18.2 Å². The third kappa shape index (κ3) is 3.63. The second-order valence-corrected chi connectivity index (χ2v) is 7.76. The van der Waals surface area contributed by atoms with Crippen LogP contribution in [0.15, 0.2) is 35.2 Å². The van der Waals surface area contributed by atoms with Crippen molar-refractivity contribution in [3.63, 3.8) is 0 Å². The maximum Gasteiger partial charge on any atom is 0.255 e. The van der Waals surface area contributed by atoms with Crippen LogP contribution in [0.4, 0.5) is 0 Å². The van der Waals surface area contributed by atoms with Gasteiger partial charge in [-0.2, -0.15) is 0 Å². The fourth-order valence-electron chi connectivity index (χ4n) is 2.70. The van der Waals surface area contributed by atoms with E-state index in [9.17, 15) is 13.2 Å². The van der Waals surface area contributed by atoms with E-state index in [2.05, 4.69) is 5.32 Å². The van der Waals surface area contributed by atoms with E-state index < -0.39 is 10.0 Å². The lowest BCUT2D eigenvalue weighted by Crippen LogP contribution is -2.24. The minimum Gasteiger partial charge on any atom is -0.489 e. The topological polar surface area (TPSA) is 98.5 Å². The minimum absolute atomic E-state index is 0.0562. The molecule has 0 fully saturated rings. The number of nitrogens with two attached hydrogens (primary N) is 1. The first-order valence-corrected chi connectivity index (χ1v) is 9.54. The van der Waals surface area contributed by atoms with Crippen molar-refractivity contribution < 1.29 is 17.9 Å². The van der Waals surface area contributed by atoms with Gasteiger partial charge in [-0.3, -0.25) is 4.79 Å². The molecule has 1 heterocycles. The molecule has 3 rings (SSSR count). The SMILES string of the molecule is Cc1c(Cc2ccc(S(N)(=O)=O)cc2)cc2c(c1Cl)OCCNC2=O. The lowest BCUT2D eigenvalue weighted by atomic mass is 9.97. The highest BCUT2D eigenvalue weighted by atomic mass is 35.5. The molecule has 1 amide bonds. The van der Waals surface area contributed by atoms with Crippen LogP contribution < -0.4 is 15.2 Å². The molecular formula is C17H17ClN2O4S. The predicted octanol–water partition coefficient (Wildman–Crippen LogP) is 2.01. The van der Waals surface area contributed by atoms with Crippen molar-refractivity contribution in [3.05, 3.63) is 57.6 Å². The van der Waals surface area contributed by atoms with Gasteiger partial charge in [-0.1, -0.05) is 23.7 Å². The molecule has 0 radical (unpaired) electrons. The van der Waals surface area contributed by atoms with Crippen LogP contribution in [0.3, 0.4) is 0 Å². The van der Waals surface area contributed by atoms with Gasteiger partial charge in [0.15, 0.2) is 5.75 Å². The first kappa shape index (κ1) is 17.7. The molecule has 2 aromatic carbocycles. The highest BCUT2D eigenvalue weighted by Crippen LogP contribution is 2.36. The molecule has 0 aliphatic carbocycles. The van der Waals surface area contributed by atoms with Crippen molar-refractivity contribution in [3.8, 4) is 5.75 Å². The Bertz CT molecular complexity index is 940. The van der Waals surface area contributed by atoms with E-state index in [-0.39, 0.29) is 10.8 Å². The summed E-state index contributed by atoms with van der Waals surface area (Å²) in [6.07, 6.45) is 0.497. The van der Waals surface area contributed by atoms with Gasteiger partial charge in [0.05, 0.1) is 22.0 Å². The number of hydrogen-bond donors (Lipinski definition) is 2. The van der Waals surface area contributed by atoms with Gasteiger partial charge in [-0.15, -0.1) is 0 Å². The predicted molar refractivity (Wildman–Crippen MR) is 94.6 cm³/mol. The molecule has 1 aliphatic heterocycles. The number of halogens is 1. The minimum atomic E-state index is -3.72. The Kier molecular flexibility index (Phi) is 4.73. The standard InChI is InChI=1S/C17H17ClN2O4S/c1-10-12(8-11-2-4-13(5-3-11)25(19,22)23)9-14-16(15(10)18)24-7-6-20-17(14)21/h2-5,9H,6-8H2,1H3,(H,20,21)(H2,19,22,23). The molecule has 2 aromatic rings. The van der Waals surface area contributed by atoms with Gasteiger partial charge >= 0.3 is 0 Å². The fourth-order valence-corrected chi connectivity index (χ4v) is 3.49. The molecular weight excluding hydrogens is 364 g/mol. The number of hydrogen-bond acceptors (Lipinski definition) is 4. The van der Waals surface area contributed by atoms with E-state index in [1.54, 1.807) is 18.2 Å².